The zero-order valence-electron chi connectivity index (χ0n) is 14.3. The first-order chi connectivity index (χ1) is 11.0. The van der Waals surface area contributed by atoms with Gasteiger partial charge >= 0.3 is 17.2 Å². The number of thioether (sulfide) groups is 1. The van der Waals surface area contributed by atoms with E-state index in [2.05, 4.69) is 22.7 Å². The van der Waals surface area contributed by atoms with Crippen LogP contribution in [0.25, 0.3) is 0 Å². The van der Waals surface area contributed by atoms with Gasteiger partial charge in [0.2, 0.25) is 12.7 Å². The van der Waals surface area contributed by atoms with E-state index in [0.717, 1.165) is 0 Å². The Kier molecular flexibility index (Phi) is 9.83. The number of methoxy groups -OCH3 is 1. The van der Waals surface area contributed by atoms with Crippen molar-refractivity contribution in [2.24, 2.45) is 5.92 Å². The van der Waals surface area contributed by atoms with E-state index < -0.39 is 40.7 Å². The minimum atomic E-state index is -1.04. The van der Waals surface area contributed by atoms with Gasteiger partial charge in [0.1, 0.15) is 6.04 Å². The summed E-state index contributed by atoms with van der Waals surface area (Å²) in [5.41, 5.74) is 0. The number of hydrogen-bond donors (Lipinski definition) is 2. The Morgan fingerprint density at radius 3 is 2.17 bits per heavy atom. The molecule has 0 saturated carbocycles. The molecule has 0 radical (unpaired) electrons. The maximum Gasteiger partial charge on any atom is 0.370 e. The third-order valence-corrected chi connectivity index (χ3v) is 3.62. The lowest BCUT2D eigenvalue weighted by Crippen LogP contribution is -2.49. The Morgan fingerprint density at radius 2 is 1.71 bits per heavy atom. The molecular weight excluding hydrogens is 358 g/mol. The second-order valence-electron chi connectivity index (χ2n) is 5.55. The highest BCUT2D eigenvalue weighted by Gasteiger charge is 2.29. The van der Waals surface area contributed by atoms with Crippen LogP contribution in [0.3, 0.4) is 0 Å². The minimum absolute atomic E-state index is 0.0980. The summed E-state index contributed by atoms with van der Waals surface area (Å²) in [4.78, 5) is 46.3. The number of ether oxygens (including phenoxy) is 3. The van der Waals surface area contributed by atoms with Gasteiger partial charge in [-0.3, -0.25) is 9.59 Å². The van der Waals surface area contributed by atoms with Gasteiger partial charge in [-0.2, -0.15) is 12.6 Å². The Bertz CT molecular complexity index is 474. The molecule has 10 heteroatoms. The predicted molar refractivity (Wildman–Crippen MR) is 91.7 cm³/mol. The van der Waals surface area contributed by atoms with Crippen molar-refractivity contribution in [3.05, 3.63) is 0 Å². The number of nitrogens with one attached hydrogen (secondary N) is 1. The zero-order chi connectivity index (χ0) is 18.9. The highest BCUT2D eigenvalue weighted by atomic mass is 32.2. The van der Waals surface area contributed by atoms with Crippen molar-refractivity contribution in [3.63, 3.8) is 0 Å². The second-order valence-corrected chi connectivity index (χ2v) is 7.62. The molecule has 0 unspecified atom stereocenters. The number of esters is 2. The summed E-state index contributed by atoms with van der Waals surface area (Å²) in [6, 6.07) is -1.04. The maximum absolute atomic E-state index is 11.9. The van der Waals surface area contributed by atoms with Gasteiger partial charge in [-0.15, -0.1) is 0 Å². The molecule has 0 bridgehead atoms. The molecule has 0 aliphatic carbocycles. The van der Waals surface area contributed by atoms with E-state index in [1.165, 1.54) is 7.11 Å². The van der Waals surface area contributed by atoms with Crippen LogP contribution in [-0.4, -0.2) is 53.6 Å². The summed E-state index contributed by atoms with van der Waals surface area (Å²) in [5.74, 6) is -2.11. The van der Waals surface area contributed by atoms with E-state index in [1.54, 1.807) is 27.7 Å². The Hall–Kier alpha value is -1.42. The van der Waals surface area contributed by atoms with Crippen molar-refractivity contribution in [1.29, 1.82) is 0 Å². The summed E-state index contributed by atoms with van der Waals surface area (Å²) >= 11 is 4.75. The quantitative estimate of drug-likeness (QED) is 0.369. The number of rotatable bonds is 8. The van der Waals surface area contributed by atoms with E-state index >= 15 is 0 Å². The minimum Gasteiger partial charge on any atom is -0.467 e. The largest absolute Gasteiger partial charge is 0.467 e. The average molecular weight is 381 g/mol. The van der Waals surface area contributed by atoms with Crippen LogP contribution in [-0.2, 0) is 28.6 Å². The molecule has 0 spiro atoms. The van der Waals surface area contributed by atoms with Crippen molar-refractivity contribution in [2.75, 3.05) is 19.7 Å². The van der Waals surface area contributed by atoms with Crippen LogP contribution >= 0.6 is 24.4 Å². The summed E-state index contributed by atoms with van der Waals surface area (Å²) in [5, 5.41) is 1.70. The molecule has 138 valence electrons. The molecule has 0 aromatic rings. The van der Waals surface area contributed by atoms with Crippen LogP contribution in [0.5, 0.6) is 0 Å². The van der Waals surface area contributed by atoms with Crippen LogP contribution in [0.1, 0.15) is 27.7 Å². The third-order valence-electron chi connectivity index (χ3n) is 2.56. The first kappa shape index (κ1) is 22.6. The molecule has 0 saturated heterocycles. The number of thiol groups is 1. The van der Waals surface area contributed by atoms with Crippen LogP contribution in [0.4, 0.5) is 4.79 Å². The summed E-state index contributed by atoms with van der Waals surface area (Å²) in [6.07, 6.45) is 0. The summed E-state index contributed by atoms with van der Waals surface area (Å²) in [7, 11) is 1.17. The van der Waals surface area contributed by atoms with Crippen molar-refractivity contribution < 1.29 is 33.4 Å². The molecule has 0 fully saturated rings. The molecule has 24 heavy (non-hydrogen) atoms. The van der Waals surface area contributed by atoms with Crippen molar-refractivity contribution in [2.45, 2.75) is 38.5 Å². The van der Waals surface area contributed by atoms with Crippen LogP contribution in [0.15, 0.2) is 0 Å². The fourth-order valence-corrected chi connectivity index (χ4v) is 1.86. The molecule has 1 amide bonds. The number of carbonyl (C=O) groups excluding carboxylic acids is 4. The zero-order valence-corrected chi connectivity index (χ0v) is 16.0. The number of hydrogen-bond acceptors (Lipinski definition) is 9. The molecule has 1 atom stereocenters. The first-order valence-corrected chi connectivity index (χ1v) is 8.49. The fraction of sp³-hybridized carbons (Fsp3) is 0.714. The molecule has 1 N–H and O–H groups in total. The molecule has 0 aromatic heterocycles. The molecular formula is C14H23NO7S2. The number of carbonyl (C=O) groups is 4. The molecule has 0 rings (SSSR count). The predicted octanol–water partition coefficient (Wildman–Crippen LogP) is 1.38. The Labute approximate surface area is 150 Å². The lowest BCUT2D eigenvalue weighted by Gasteiger charge is -2.21. The summed E-state index contributed by atoms with van der Waals surface area (Å²) in [6.45, 7) is 5.90. The highest BCUT2D eigenvalue weighted by molar-refractivity contribution is 8.13. The van der Waals surface area contributed by atoms with E-state index in [-0.39, 0.29) is 11.7 Å². The number of amides is 1. The van der Waals surface area contributed by atoms with Crippen LogP contribution < -0.4 is 5.32 Å². The van der Waals surface area contributed by atoms with Gasteiger partial charge in [0.25, 0.3) is 0 Å². The van der Waals surface area contributed by atoms with Gasteiger partial charge in [0, 0.05) is 5.75 Å². The molecule has 0 aliphatic heterocycles. The summed E-state index contributed by atoms with van der Waals surface area (Å²) < 4.78 is 13.0. The lowest BCUT2D eigenvalue weighted by atomic mass is 10.2. The lowest BCUT2D eigenvalue weighted by molar-refractivity contribution is -0.155. The van der Waals surface area contributed by atoms with Gasteiger partial charge in [-0.05, 0) is 25.6 Å². The van der Waals surface area contributed by atoms with Gasteiger partial charge in [0.15, 0.2) is 0 Å². The van der Waals surface area contributed by atoms with Crippen molar-refractivity contribution in [1.82, 2.24) is 5.32 Å². The molecule has 0 aliphatic rings. The van der Waals surface area contributed by atoms with Crippen LogP contribution in [0.2, 0.25) is 0 Å². The Balaban J connectivity index is 4.41. The normalized spacial score (nSPS) is 12.3. The van der Waals surface area contributed by atoms with E-state index in [4.69, 9.17) is 9.47 Å². The van der Waals surface area contributed by atoms with E-state index in [0.29, 0.717) is 11.8 Å². The van der Waals surface area contributed by atoms with E-state index in [1.807, 2.05) is 0 Å². The average Bonchev–Trinajstić information content (AvgIpc) is 2.48. The van der Waals surface area contributed by atoms with Crippen LogP contribution in [0, 0.1) is 5.92 Å². The SMILES string of the molecule is COC(=O)[C@H](CSC(=O)OCOC(=O)C(C)C)NC(=O)C(C)(C)S. The maximum atomic E-state index is 11.9. The third kappa shape index (κ3) is 9.02. The van der Waals surface area contributed by atoms with E-state index in [9.17, 15) is 19.2 Å². The second kappa shape index (κ2) is 10.4. The van der Waals surface area contributed by atoms with Gasteiger partial charge in [0.05, 0.1) is 17.8 Å². The molecule has 0 heterocycles. The molecule has 8 nitrogen and oxygen atoms in total. The molecule has 0 aromatic carbocycles. The first-order valence-electron chi connectivity index (χ1n) is 7.06. The smallest absolute Gasteiger partial charge is 0.370 e. The standard InChI is InChI=1S/C14H23NO7S2/c1-8(2)10(16)21-7-22-13(19)24-6-9(11(17)20-5)15-12(18)14(3,4)23/h8-9,23H,6-7H2,1-5H3,(H,15,18)/t9-/m0/s1. The fourth-order valence-electron chi connectivity index (χ4n) is 1.14. The Morgan fingerprint density at radius 1 is 1.12 bits per heavy atom. The van der Waals surface area contributed by atoms with Gasteiger partial charge in [-0.1, -0.05) is 13.8 Å². The van der Waals surface area contributed by atoms with Gasteiger partial charge in [-0.25, -0.2) is 9.59 Å². The van der Waals surface area contributed by atoms with Gasteiger partial charge < -0.3 is 19.5 Å². The highest BCUT2D eigenvalue weighted by Crippen LogP contribution is 2.14. The van der Waals surface area contributed by atoms with Crippen molar-refractivity contribution >= 4 is 47.5 Å². The topological polar surface area (TPSA) is 108 Å². The monoisotopic (exact) mass is 381 g/mol. The van der Waals surface area contributed by atoms with Crippen molar-refractivity contribution in [3.8, 4) is 0 Å².